The highest BCUT2D eigenvalue weighted by Crippen LogP contribution is 2.22. The van der Waals surface area contributed by atoms with E-state index < -0.39 is 5.91 Å². The number of nitrogens with zero attached hydrogens (tertiary/aromatic N) is 1. The van der Waals surface area contributed by atoms with Crippen LogP contribution in [0.15, 0.2) is 12.4 Å². The second-order valence-corrected chi connectivity index (χ2v) is 2.17. The molecule has 0 saturated heterocycles. The van der Waals surface area contributed by atoms with Gasteiger partial charge in [-0.15, -0.1) is 0 Å². The van der Waals surface area contributed by atoms with Gasteiger partial charge in [-0.05, 0) is 0 Å². The number of nitrogen functional groups attached to an aromatic ring is 1. The molecule has 4 N–H and O–H groups in total. The fourth-order valence-corrected chi connectivity index (χ4v) is 0.810. The van der Waals surface area contributed by atoms with Gasteiger partial charge in [0.1, 0.15) is 0 Å². The normalized spacial score (nSPS) is 9.42. The van der Waals surface area contributed by atoms with Gasteiger partial charge < -0.3 is 16.2 Å². The topological polar surface area (TPSA) is 91.2 Å². The predicted molar refractivity (Wildman–Crippen MR) is 43.7 cm³/mol. The first kappa shape index (κ1) is 8.32. The fourth-order valence-electron chi connectivity index (χ4n) is 0.810. The highest BCUT2D eigenvalue weighted by Gasteiger charge is 2.09. The van der Waals surface area contributed by atoms with Gasteiger partial charge in [0, 0.05) is 6.20 Å². The van der Waals surface area contributed by atoms with Crippen LogP contribution in [0.4, 0.5) is 5.69 Å². The van der Waals surface area contributed by atoms with Crippen LogP contribution < -0.4 is 16.2 Å². The lowest BCUT2D eigenvalue weighted by atomic mass is 10.2. The molecule has 0 atom stereocenters. The van der Waals surface area contributed by atoms with E-state index in [1.807, 2.05) is 0 Å². The zero-order valence-corrected chi connectivity index (χ0v) is 6.57. The van der Waals surface area contributed by atoms with Crippen molar-refractivity contribution in [3.05, 3.63) is 18.0 Å². The van der Waals surface area contributed by atoms with Crippen molar-refractivity contribution in [3.63, 3.8) is 0 Å². The molecule has 1 aromatic heterocycles. The van der Waals surface area contributed by atoms with Crippen molar-refractivity contribution in [3.8, 4) is 5.75 Å². The average Bonchev–Trinajstić information content (AvgIpc) is 2.04. The molecule has 1 heterocycles. The average molecular weight is 167 g/mol. The van der Waals surface area contributed by atoms with Crippen molar-refractivity contribution in [2.75, 3.05) is 12.8 Å². The van der Waals surface area contributed by atoms with Crippen molar-refractivity contribution < 1.29 is 9.53 Å². The summed E-state index contributed by atoms with van der Waals surface area (Å²) in [4.78, 5) is 14.5. The van der Waals surface area contributed by atoms with Crippen molar-refractivity contribution in [1.82, 2.24) is 4.98 Å². The third kappa shape index (κ3) is 1.29. The van der Waals surface area contributed by atoms with Crippen LogP contribution in [0.5, 0.6) is 5.75 Å². The molecule has 0 bridgehead atoms. The number of anilines is 1. The minimum Gasteiger partial charge on any atom is -0.493 e. The molecule has 5 heteroatoms. The number of methoxy groups -OCH3 is 1. The Kier molecular flexibility index (Phi) is 2.14. The summed E-state index contributed by atoms with van der Waals surface area (Å²) in [5, 5.41) is 0. The van der Waals surface area contributed by atoms with Crippen molar-refractivity contribution in [1.29, 1.82) is 0 Å². The first-order chi connectivity index (χ1) is 5.66. The third-order valence-electron chi connectivity index (χ3n) is 1.44. The van der Waals surface area contributed by atoms with Gasteiger partial charge in [-0.1, -0.05) is 0 Å². The summed E-state index contributed by atoms with van der Waals surface area (Å²) in [5.41, 5.74) is 11.0. The number of nitrogens with two attached hydrogens (primary N) is 2. The smallest absolute Gasteiger partial charge is 0.252 e. The molecule has 0 spiro atoms. The molecule has 0 aliphatic rings. The Labute approximate surface area is 69.3 Å². The summed E-state index contributed by atoms with van der Waals surface area (Å²) >= 11 is 0. The first-order valence-electron chi connectivity index (χ1n) is 3.24. The van der Waals surface area contributed by atoms with Gasteiger partial charge in [-0.3, -0.25) is 9.78 Å². The molecule has 0 fully saturated rings. The fraction of sp³-hybridized carbons (Fsp3) is 0.143. The van der Waals surface area contributed by atoms with E-state index in [9.17, 15) is 4.79 Å². The number of amides is 1. The van der Waals surface area contributed by atoms with Crippen molar-refractivity contribution in [2.45, 2.75) is 0 Å². The monoisotopic (exact) mass is 167 g/mol. The number of pyridine rings is 1. The molecule has 0 unspecified atom stereocenters. The number of aromatic nitrogens is 1. The molecule has 5 nitrogen and oxygen atoms in total. The van der Waals surface area contributed by atoms with Crippen molar-refractivity contribution >= 4 is 11.6 Å². The Balaban J connectivity index is 3.23. The maximum atomic E-state index is 10.7. The maximum absolute atomic E-state index is 10.7. The molecular formula is C7H9N3O2. The highest BCUT2D eigenvalue weighted by atomic mass is 16.5. The number of rotatable bonds is 2. The zero-order chi connectivity index (χ0) is 9.14. The Morgan fingerprint density at radius 2 is 2.25 bits per heavy atom. The van der Waals surface area contributed by atoms with Crippen molar-refractivity contribution in [2.24, 2.45) is 5.73 Å². The maximum Gasteiger partial charge on any atom is 0.252 e. The van der Waals surface area contributed by atoms with E-state index in [-0.39, 0.29) is 11.3 Å². The molecule has 1 aromatic rings. The van der Waals surface area contributed by atoms with Gasteiger partial charge in [0.25, 0.3) is 5.91 Å². The van der Waals surface area contributed by atoms with Gasteiger partial charge in [0.15, 0.2) is 5.75 Å². The number of hydrogen-bond donors (Lipinski definition) is 2. The summed E-state index contributed by atoms with van der Waals surface area (Å²) in [7, 11) is 1.44. The first-order valence-corrected chi connectivity index (χ1v) is 3.24. The predicted octanol–water partition coefficient (Wildman–Crippen LogP) is -0.229. The summed E-state index contributed by atoms with van der Waals surface area (Å²) < 4.78 is 4.84. The van der Waals surface area contributed by atoms with Gasteiger partial charge in [0.2, 0.25) is 0 Å². The van der Waals surface area contributed by atoms with E-state index in [1.165, 1.54) is 19.5 Å². The van der Waals surface area contributed by atoms with Crippen LogP contribution in [0.3, 0.4) is 0 Å². The Hall–Kier alpha value is -1.78. The molecule has 0 saturated carbocycles. The summed E-state index contributed by atoms with van der Waals surface area (Å²) in [5.74, 6) is -0.259. The molecular weight excluding hydrogens is 158 g/mol. The zero-order valence-electron chi connectivity index (χ0n) is 6.57. The second kappa shape index (κ2) is 3.08. The van der Waals surface area contributed by atoms with Crippen LogP contribution in [0, 0.1) is 0 Å². The molecule has 0 aromatic carbocycles. The van der Waals surface area contributed by atoms with Crippen LogP contribution in [-0.2, 0) is 0 Å². The van der Waals surface area contributed by atoms with Gasteiger partial charge >= 0.3 is 0 Å². The van der Waals surface area contributed by atoms with E-state index in [1.54, 1.807) is 0 Å². The van der Waals surface area contributed by atoms with Crippen LogP contribution in [0.25, 0.3) is 0 Å². The molecule has 12 heavy (non-hydrogen) atoms. The lowest BCUT2D eigenvalue weighted by Crippen LogP contribution is -2.14. The lowest BCUT2D eigenvalue weighted by molar-refractivity contribution is 0.100. The van der Waals surface area contributed by atoms with E-state index in [4.69, 9.17) is 16.2 Å². The number of carbonyl (C=O) groups excluding carboxylic acids is 1. The molecule has 1 rings (SSSR count). The Morgan fingerprint density at radius 3 is 2.75 bits per heavy atom. The summed E-state index contributed by atoms with van der Waals surface area (Å²) in [6.07, 6.45) is 2.72. The number of primary amides is 1. The van der Waals surface area contributed by atoms with Gasteiger partial charge in [-0.2, -0.15) is 0 Å². The van der Waals surface area contributed by atoms with Crippen LogP contribution in [0.1, 0.15) is 10.4 Å². The van der Waals surface area contributed by atoms with E-state index in [0.717, 1.165) is 0 Å². The van der Waals surface area contributed by atoms with Gasteiger partial charge in [-0.25, -0.2) is 0 Å². The molecule has 0 aliphatic carbocycles. The SMILES string of the molecule is COc1cncc(C(N)=O)c1N. The quantitative estimate of drug-likeness (QED) is 0.636. The van der Waals surface area contributed by atoms with E-state index in [0.29, 0.717) is 5.75 Å². The van der Waals surface area contributed by atoms with E-state index in [2.05, 4.69) is 4.98 Å². The number of carbonyl (C=O) groups is 1. The summed E-state index contributed by atoms with van der Waals surface area (Å²) in [6.45, 7) is 0. The number of ether oxygens (including phenoxy) is 1. The summed E-state index contributed by atoms with van der Waals surface area (Å²) in [6, 6.07) is 0. The Bertz CT molecular complexity index is 312. The molecule has 0 radical (unpaired) electrons. The standard InChI is InChI=1S/C7H9N3O2/c1-12-5-3-10-2-4(6(5)8)7(9)11/h2-3H,1H3,(H2,8,10)(H2,9,11). The minimum absolute atomic E-state index is 0.175. The Morgan fingerprint density at radius 1 is 1.58 bits per heavy atom. The molecule has 1 amide bonds. The van der Waals surface area contributed by atoms with E-state index >= 15 is 0 Å². The number of hydrogen-bond acceptors (Lipinski definition) is 4. The van der Waals surface area contributed by atoms with Crippen LogP contribution >= 0.6 is 0 Å². The minimum atomic E-state index is -0.612. The lowest BCUT2D eigenvalue weighted by Gasteiger charge is -2.05. The van der Waals surface area contributed by atoms with Crippen LogP contribution in [-0.4, -0.2) is 18.0 Å². The third-order valence-corrected chi connectivity index (χ3v) is 1.44. The van der Waals surface area contributed by atoms with Gasteiger partial charge in [0.05, 0.1) is 24.6 Å². The highest BCUT2D eigenvalue weighted by molar-refractivity contribution is 5.98. The largest absolute Gasteiger partial charge is 0.493 e. The second-order valence-electron chi connectivity index (χ2n) is 2.17. The molecule has 0 aliphatic heterocycles. The van der Waals surface area contributed by atoms with Crippen LogP contribution in [0.2, 0.25) is 0 Å². The molecule has 64 valence electrons.